The summed E-state index contributed by atoms with van der Waals surface area (Å²) in [5.74, 6) is 0. The Morgan fingerprint density at radius 1 is 0.806 bits per heavy atom. The quantitative estimate of drug-likeness (QED) is 0.442. The normalized spacial score (nSPS) is 10.3. The summed E-state index contributed by atoms with van der Waals surface area (Å²) in [7, 11) is 0. The molecule has 0 aliphatic rings. The minimum Gasteiger partial charge on any atom is -0.338 e. The van der Waals surface area contributed by atoms with E-state index >= 15 is 0 Å². The van der Waals surface area contributed by atoms with Gasteiger partial charge in [0.15, 0.2) is 0 Å². The van der Waals surface area contributed by atoms with Crippen LogP contribution in [-0.2, 0) is 0 Å². The van der Waals surface area contributed by atoms with Crippen LogP contribution >= 0.6 is 0 Å². The second-order valence-corrected chi connectivity index (χ2v) is 7.33. The molecule has 0 radical (unpaired) electrons. The molecule has 6 heteroatoms. The third kappa shape index (κ3) is 6.60. The maximum absolute atomic E-state index is 12.9. The number of hydrogen-bond donors (Lipinski definition) is 3. The van der Waals surface area contributed by atoms with Crippen molar-refractivity contribution in [3.63, 3.8) is 0 Å². The van der Waals surface area contributed by atoms with Crippen LogP contribution in [0.25, 0.3) is 0 Å². The molecule has 31 heavy (non-hydrogen) atoms. The average molecular weight is 417 g/mol. The molecule has 0 aromatic heterocycles. The number of urea groups is 2. The van der Waals surface area contributed by atoms with Gasteiger partial charge in [-0.25, -0.2) is 9.59 Å². The Hall–Kier alpha value is -3.80. The van der Waals surface area contributed by atoms with E-state index < -0.39 is 0 Å². The van der Waals surface area contributed by atoms with E-state index in [1.165, 1.54) is 0 Å². The topological polar surface area (TPSA) is 73.5 Å². The molecule has 4 amide bonds. The molecule has 0 saturated carbocycles. The summed E-state index contributed by atoms with van der Waals surface area (Å²) in [4.78, 5) is 26.8. The van der Waals surface area contributed by atoms with Gasteiger partial charge in [0.25, 0.3) is 0 Å². The second-order valence-electron chi connectivity index (χ2n) is 7.33. The number of aryl methyl sites for hydroxylation is 2. The zero-order chi connectivity index (χ0) is 22.1. The standard InChI is InChI=1S/C25H28N4O2/c1-19-13-15-21(16-14-19)27-25(31)29(22-10-4-3-5-11-22)18-8-17-26-24(30)28-23-12-7-6-9-20(23)2/h3-7,9-16H,8,17-18H2,1-2H3,(H,27,31)(H2,26,28,30). The predicted octanol–water partition coefficient (Wildman–Crippen LogP) is 5.55. The molecule has 0 fully saturated rings. The number of anilines is 3. The largest absolute Gasteiger partial charge is 0.338 e. The zero-order valence-electron chi connectivity index (χ0n) is 17.9. The van der Waals surface area contributed by atoms with Crippen LogP contribution in [0.5, 0.6) is 0 Å². The number of para-hydroxylation sites is 2. The first kappa shape index (κ1) is 21.9. The van der Waals surface area contributed by atoms with E-state index in [2.05, 4.69) is 16.0 Å². The minimum atomic E-state index is -0.260. The molecule has 0 aliphatic heterocycles. The molecule has 0 spiro atoms. The molecular formula is C25H28N4O2. The Bertz CT molecular complexity index is 1000. The van der Waals surface area contributed by atoms with Crippen molar-refractivity contribution in [2.75, 3.05) is 28.6 Å². The monoisotopic (exact) mass is 416 g/mol. The van der Waals surface area contributed by atoms with Crippen LogP contribution in [0.1, 0.15) is 17.5 Å². The fraction of sp³-hybridized carbons (Fsp3) is 0.200. The summed E-state index contributed by atoms with van der Waals surface area (Å²) in [5.41, 5.74) is 4.46. The Morgan fingerprint density at radius 2 is 1.48 bits per heavy atom. The number of nitrogens with one attached hydrogen (secondary N) is 3. The van der Waals surface area contributed by atoms with Gasteiger partial charge in [0.2, 0.25) is 0 Å². The Kier molecular flexibility index (Phi) is 7.65. The molecule has 6 nitrogen and oxygen atoms in total. The average Bonchev–Trinajstić information content (AvgIpc) is 2.77. The first-order valence-electron chi connectivity index (χ1n) is 10.3. The number of nitrogens with zero attached hydrogens (tertiary/aromatic N) is 1. The molecule has 3 aromatic carbocycles. The van der Waals surface area contributed by atoms with Gasteiger partial charge in [-0.05, 0) is 56.2 Å². The van der Waals surface area contributed by atoms with Gasteiger partial charge in [0.1, 0.15) is 0 Å². The van der Waals surface area contributed by atoms with Crippen molar-refractivity contribution in [2.45, 2.75) is 20.3 Å². The van der Waals surface area contributed by atoms with Crippen molar-refractivity contribution in [3.05, 3.63) is 90.0 Å². The molecule has 0 heterocycles. The van der Waals surface area contributed by atoms with E-state index in [1.807, 2.05) is 92.7 Å². The van der Waals surface area contributed by atoms with Gasteiger partial charge in [-0.1, -0.05) is 54.1 Å². The smallest absolute Gasteiger partial charge is 0.326 e. The Morgan fingerprint density at radius 3 is 2.19 bits per heavy atom. The van der Waals surface area contributed by atoms with Crippen LogP contribution in [0.3, 0.4) is 0 Å². The van der Waals surface area contributed by atoms with Gasteiger partial charge >= 0.3 is 12.1 Å². The molecule has 0 atom stereocenters. The fourth-order valence-electron chi connectivity index (χ4n) is 3.10. The van der Waals surface area contributed by atoms with Crippen molar-refractivity contribution in [1.82, 2.24) is 5.32 Å². The molecule has 0 bridgehead atoms. The van der Waals surface area contributed by atoms with Crippen molar-refractivity contribution in [1.29, 1.82) is 0 Å². The lowest BCUT2D eigenvalue weighted by Crippen LogP contribution is -2.38. The number of rotatable bonds is 7. The molecular weight excluding hydrogens is 388 g/mol. The number of amides is 4. The molecule has 3 N–H and O–H groups in total. The zero-order valence-corrected chi connectivity index (χ0v) is 17.9. The molecule has 0 saturated heterocycles. The number of carbonyl (C=O) groups is 2. The maximum atomic E-state index is 12.9. The van der Waals surface area contributed by atoms with Crippen LogP contribution in [0.2, 0.25) is 0 Å². The highest BCUT2D eigenvalue weighted by Gasteiger charge is 2.15. The van der Waals surface area contributed by atoms with E-state index in [0.29, 0.717) is 19.5 Å². The molecule has 0 unspecified atom stereocenters. The van der Waals surface area contributed by atoms with Crippen LogP contribution in [-0.4, -0.2) is 25.2 Å². The summed E-state index contributed by atoms with van der Waals surface area (Å²) in [5, 5.41) is 8.64. The van der Waals surface area contributed by atoms with Crippen LogP contribution in [0.4, 0.5) is 26.7 Å². The lowest BCUT2D eigenvalue weighted by atomic mass is 10.2. The molecule has 3 aromatic rings. The SMILES string of the molecule is Cc1ccc(NC(=O)N(CCCNC(=O)Nc2ccccc2C)c2ccccc2)cc1. The number of hydrogen-bond acceptors (Lipinski definition) is 2. The third-order valence-corrected chi connectivity index (χ3v) is 4.85. The van der Waals surface area contributed by atoms with E-state index in [-0.39, 0.29) is 12.1 Å². The lowest BCUT2D eigenvalue weighted by molar-refractivity contribution is 0.252. The van der Waals surface area contributed by atoms with E-state index in [4.69, 9.17) is 0 Å². The fourth-order valence-corrected chi connectivity index (χ4v) is 3.10. The van der Waals surface area contributed by atoms with E-state index in [0.717, 1.165) is 28.2 Å². The first-order chi connectivity index (χ1) is 15.0. The van der Waals surface area contributed by atoms with Gasteiger partial charge in [0.05, 0.1) is 0 Å². The molecule has 160 valence electrons. The van der Waals surface area contributed by atoms with Gasteiger partial charge in [0, 0.05) is 30.2 Å². The van der Waals surface area contributed by atoms with Crippen LogP contribution in [0, 0.1) is 13.8 Å². The highest BCUT2D eigenvalue weighted by atomic mass is 16.2. The Balaban J connectivity index is 1.55. The summed E-state index contributed by atoms with van der Waals surface area (Å²) in [6, 6.07) is 24.3. The Labute approximate surface area is 183 Å². The molecule has 0 aliphatic carbocycles. The van der Waals surface area contributed by atoms with Crippen molar-refractivity contribution >= 4 is 29.1 Å². The van der Waals surface area contributed by atoms with Crippen molar-refractivity contribution in [2.24, 2.45) is 0 Å². The first-order valence-corrected chi connectivity index (χ1v) is 10.3. The highest BCUT2D eigenvalue weighted by molar-refractivity contribution is 6.01. The third-order valence-electron chi connectivity index (χ3n) is 4.85. The van der Waals surface area contributed by atoms with Gasteiger partial charge in [-0.2, -0.15) is 0 Å². The van der Waals surface area contributed by atoms with E-state index in [1.54, 1.807) is 4.90 Å². The highest BCUT2D eigenvalue weighted by Crippen LogP contribution is 2.17. The van der Waals surface area contributed by atoms with Gasteiger partial charge in [-0.15, -0.1) is 0 Å². The van der Waals surface area contributed by atoms with Gasteiger partial charge < -0.3 is 16.0 Å². The summed E-state index contributed by atoms with van der Waals surface area (Å²) < 4.78 is 0. The summed E-state index contributed by atoms with van der Waals surface area (Å²) in [6.07, 6.45) is 0.609. The van der Waals surface area contributed by atoms with Crippen molar-refractivity contribution in [3.8, 4) is 0 Å². The minimum absolute atomic E-state index is 0.209. The van der Waals surface area contributed by atoms with Crippen molar-refractivity contribution < 1.29 is 9.59 Å². The predicted molar refractivity (Wildman–Crippen MR) is 127 cm³/mol. The van der Waals surface area contributed by atoms with Crippen LogP contribution in [0.15, 0.2) is 78.9 Å². The maximum Gasteiger partial charge on any atom is 0.326 e. The lowest BCUT2D eigenvalue weighted by Gasteiger charge is -2.23. The second kappa shape index (κ2) is 10.8. The van der Waals surface area contributed by atoms with Gasteiger partial charge in [-0.3, -0.25) is 4.90 Å². The van der Waals surface area contributed by atoms with Crippen LogP contribution < -0.4 is 20.9 Å². The number of benzene rings is 3. The summed E-state index contributed by atoms with van der Waals surface area (Å²) >= 11 is 0. The summed E-state index contributed by atoms with van der Waals surface area (Å²) in [6.45, 7) is 4.86. The van der Waals surface area contributed by atoms with E-state index in [9.17, 15) is 9.59 Å². The number of carbonyl (C=O) groups excluding carboxylic acids is 2. The molecule has 3 rings (SSSR count).